The van der Waals surface area contributed by atoms with Gasteiger partial charge >= 0.3 is 5.97 Å². The van der Waals surface area contributed by atoms with E-state index in [0.29, 0.717) is 26.1 Å². The molecule has 0 saturated heterocycles. The zero-order valence-corrected chi connectivity index (χ0v) is 18.0. The Morgan fingerprint density at radius 1 is 1.23 bits per heavy atom. The zero-order chi connectivity index (χ0) is 20.7. The molecule has 30 heavy (non-hydrogen) atoms. The summed E-state index contributed by atoms with van der Waals surface area (Å²) in [5.74, 6) is 6.49. The molecule has 160 valence electrons. The largest absolute Gasteiger partial charge is 0.489 e. The number of hydrazone groups is 1. The third-order valence-electron chi connectivity index (χ3n) is 4.68. The topological polar surface area (TPSA) is 83.1 Å². The summed E-state index contributed by atoms with van der Waals surface area (Å²) in [7, 11) is 0. The van der Waals surface area contributed by atoms with E-state index in [1.807, 2.05) is 61.5 Å². The molecule has 0 bridgehead atoms. The molecule has 0 spiro atoms. The van der Waals surface area contributed by atoms with Gasteiger partial charge < -0.3 is 20.1 Å². The second kappa shape index (κ2) is 10.7. The van der Waals surface area contributed by atoms with Crippen molar-refractivity contribution in [2.45, 2.75) is 38.9 Å². The monoisotopic (exact) mass is 430 g/mol. The van der Waals surface area contributed by atoms with Gasteiger partial charge in [0.05, 0.1) is 12.8 Å². The standard InChI is InChI=1S/C23H26N2O4.ClH/c1-3-27-22(26)11-13-23(2)12-10-19-14-20(8-9-21(19)29-23)28-16-18-6-4-17(5-7-18)15-25-24;/h4-10,12,14-15H,3,11,13,16,24H2,1-2H3;1H. The van der Waals surface area contributed by atoms with E-state index in [2.05, 4.69) is 5.10 Å². The van der Waals surface area contributed by atoms with Crippen molar-refractivity contribution in [3.63, 3.8) is 0 Å². The van der Waals surface area contributed by atoms with Crippen LogP contribution in [0.4, 0.5) is 0 Å². The molecular formula is C23H27ClN2O4. The molecule has 1 heterocycles. The Labute approximate surface area is 183 Å². The second-order valence-corrected chi connectivity index (χ2v) is 7.06. The number of hydrogen-bond donors (Lipinski definition) is 1. The number of esters is 1. The van der Waals surface area contributed by atoms with E-state index >= 15 is 0 Å². The lowest BCUT2D eigenvalue weighted by molar-refractivity contribution is -0.143. The van der Waals surface area contributed by atoms with Crippen LogP contribution in [0.25, 0.3) is 6.08 Å². The van der Waals surface area contributed by atoms with Gasteiger partial charge in [-0.3, -0.25) is 4.79 Å². The molecule has 1 unspecified atom stereocenters. The first kappa shape index (κ1) is 23.3. The minimum atomic E-state index is -0.531. The molecular weight excluding hydrogens is 404 g/mol. The van der Waals surface area contributed by atoms with Gasteiger partial charge in [-0.1, -0.05) is 30.3 Å². The summed E-state index contributed by atoms with van der Waals surface area (Å²) < 4.78 is 17.0. The number of fused-ring (bicyclic) bond motifs is 1. The molecule has 0 aromatic heterocycles. The van der Waals surface area contributed by atoms with E-state index in [1.54, 1.807) is 13.1 Å². The first-order valence-corrected chi connectivity index (χ1v) is 9.64. The van der Waals surface area contributed by atoms with Crippen LogP contribution >= 0.6 is 12.4 Å². The van der Waals surface area contributed by atoms with E-state index < -0.39 is 5.60 Å². The number of benzene rings is 2. The third kappa shape index (κ3) is 6.26. The van der Waals surface area contributed by atoms with Crippen LogP contribution < -0.4 is 15.3 Å². The summed E-state index contributed by atoms with van der Waals surface area (Å²) in [5.41, 5.74) is 2.41. The number of nitrogens with zero attached hydrogens (tertiary/aromatic N) is 1. The number of hydrogen-bond acceptors (Lipinski definition) is 6. The van der Waals surface area contributed by atoms with Crippen LogP contribution in [0.1, 0.15) is 43.4 Å². The average Bonchev–Trinajstić information content (AvgIpc) is 2.72. The summed E-state index contributed by atoms with van der Waals surface area (Å²) >= 11 is 0. The van der Waals surface area contributed by atoms with Gasteiger partial charge in [0, 0.05) is 18.4 Å². The van der Waals surface area contributed by atoms with Crippen molar-refractivity contribution in [1.82, 2.24) is 0 Å². The van der Waals surface area contributed by atoms with Crippen LogP contribution in [-0.2, 0) is 16.1 Å². The highest BCUT2D eigenvalue weighted by molar-refractivity contribution is 5.85. The van der Waals surface area contributed by atoms with E-state index in [0.717, 1.165) is 28.2 Å². The van der Waals surface area contributed by atoms with Gasteiger partial charge in [0.15, 0.2) is 0 Å². The fourth-order valence-electron chi connectivity index (χ4n) is 3.06. The van der Waals surface area contributed by atoms with Crippen LogP contribution in [-0.4, -0.2) is 24.4 Å². The quantitative estimate of drug-likeness (QED) is 0.289. The summed E-state index contributed by atoms with van der Waals surface area (Å²) in [6.07, 6.45) is 6.47. The maximum absolute atomic E-state index is 11.6. The summed E-state index contributed by atoms with van der Waals surface area (Å²) in [6.45, 7) is 4.62. The molecule has 0 radical (unpaired) electrons. The molecule has 0 aliphatic carbocycles. The Kier molecular flexibility index (Phi) is 8.30. The smallest absolute Gasteiger partial charge is 0.305 e. The lowest BCUT2D eigenvalue weighted by atomic mass is 9.95. The number of carbonyl (C=O) groups excluding carboxylic acids is 1. The van der Waals surface area contributed by atoms with Gasteiger partial charge in [0.25, 0.3) is 0 Å². The minimum Gasteiger partial charge on any atom is -0.489 e. The minimum absolute atomic E-state index is 0. The van der Waals surface area contributed by atoms with Crippen molar-refractivity contribution in [2.24, 2.45) is 10.9 Å². The molecule has 0 saturated carbocycles. The molecule has 1 aliphatic rings. The van der Waals surface area contributed by atoms with Crippen molar-refractivity contribution in [2.75, 3.05) is 6.61 Å². The highest BCUT2D eigenvalue weighted by atomic mass is 35.5. The Morgan fingerprint density at radius 3 is 2.70 bits per heavy atom. The fraction of sp³-hybridized carbons (Fsp3) is 0.304. The number of rotatable bonds is 8. The van der Waals surface area contributed by atoms with Crippen LogP contribution in [0, 0.1) is 0 Å². The zero-order valence-electron chi connectivity index (χ0n) is 17.2. The SMILES string of the molecule is CCOC(=O)CCC1(C)C=Cc2cc(OCc3ccc(C=NN)cc3)ccc2O1.Cl. The van der Waals surface area contributed by atoms with Crippen LogP contribution in [0.3, 0.4) is 0 Å². The van der Waals surface area contributed by atoms with E-state index in [9.17, 15) is 4.79 Å². The molecule has 0 fully saturated rings. The summed E-state index contributed by atoms with van der Waals surface area (Å²) in [5, 5.41) is 3.51. The first-order valence-electron chi connectivity index (χ1n) is 9.64. The molecule has 2 aromatic rings. The van der Waals surface area contributed by atoms with Gasteiger partial charge in [0.2, 0.25) is 0 Å². The van der Waals surface area contributed by atoms with E-state index in [4.69, 9.17) is 20.1 Å². The number of nitrogens with two attached hydrogens (primary N) is 1. The van der Waals surface area contributed by atoms with Gasteiger partial charge in [-0.25, -0.2) is 0 Å². The normalized spacial score (nSPS) is 17.0. The number of carbonyl (C=O) groups is 1. The van der Waals surface area contributed by atoms with Crippen molar-refractivity contribution < 1.29 is 19.0 Å². The highest BCUT2D eigenvalue weighted by Gasteiger charge is 2.28. The summed E-state index contributed by atoms with van der Waals surface area (Å²) in [4.78, 5) is 11.6. The fourth-order valence-corrected chi connectivity index (χ4v) is 3.06. The average molecular weight is 431 g/mol. The number of halogens is 1. The molecule has 2 N–H and O–H groups in total. The Balaban J connectivity index is 0.00000320. The van der Waals surface area contributed by atoms with Crippen molar-refractivity contribution in [3.05, 3.63) is 65.2 Å². The highest BCUT2D eigenvalue weighted by Crippen LogP contribution is 2.35. The lowest BCUT2D eigenvalue weighted by Gasteiger charge is -2.31. The van der Waals surface area contributed by atoms with Gasteiger partial charge in [0.1, 0.15) is 23.7 Å². The molecule has 0 amide bonds. The van der Waals surface area contributed by atoms with Crippen LogP contribution in [0.15, 0.2) is 53.6 Å². The van der Waals surface area contributed by atoms with Crippen molar-refractivity contribution in [1.29, 1.82) is 0 Å². The molecule has 6 nitrogen and oxygen atoms in total. The maximum atomic E-state index is 11.6. The van der Waals surface area contributed by atoms with E-state index in [1.165, 1.54) is 0 Å². The van der Waals surface area contributed by atoms with Crippen molar-refractivity contribution >= 4 is 30.7 Å². The van der Waals surface area contributed by atoms with Gasteiger partial charge in [-0.2, -0.15) is 5.10 Å². The maximum Gasteiger partial charge on any atom is 0.305 e. The van der Waals surface area contributed by atoms with E-state index in [-0.39, 0.29) is 18.4 Å². The van der Waals surface area contributed by atoms with Gasteiger partial charge in [-0.05, 0) is 49.2 Å². The Morgan fingerprint density at radius 2 is 2.00 bits per heavy atom. The molecule has 3 rings (SSSR count). The predicted molar refractivity (Wildman–Crippen MR) is 120 cm³/mol. The molecule has 7 heteroatoms. The Bertz CT molecular complexity index is 912. The van der Waals surface area contributed by atoms with Crippen LogP contribution in [0.5, 0.6) is 11.5 Å². The van der Waals surface area contributed by atoms with Crippen molar-refractivity contribution in [3.8, 4) is 11.5 Å². The molecule has 2 aromatic carbocycles. The second-order valence-electron chi connectivity index (χ2n) is 7.06. The first-order chi connectivity index (χ1) is 14.0. The molecule has 1 aliphatic heterocycles. The third-order valence-corrected chi connectivity index (χ3v) is 4.68. The van der Waals surface area contributed by atoms with Gasteiger partial charge in [-0.15, -0.1) is 12.4 Å². The lowest BCUT2D eigenvalue weighted by Crippen LogP contribution is -2.32. The number of ether oxygens (including phenoxy) is 3. The summed E-state index contributed by atoms with van der Waals surface area (Å²) in [6, 6.07) is 13.6. The molecule has 1 atom stereocenters. The Hall–Kier alpha value is -2.99. The predicted octanol–water partition coefficient (Wildman–Crippen LogP) is 4.49. The van der Waals surface area contributed by atoms with Crippen LogP contribution in [0.2, 0.25) is 0 Å².